The minimum Gasteiger partial charge on any atom is -0.326 e. The number of rotatable bonds is 4. The monoisotopic (exact) mass is 364 g/mol. The Morgan fingerprint density at radius 3 is 2.74 bits per heavy atom. The standard InChI is InChI=1S/C11H10BrFN2O2S2/c12-7-1-2-9(8(13)5-7)15-19(16,17)11-3-4-18-10(11)6-14/h1-5,15H,6,14H2. The van der Waals surface area contributed by atoms with Gasteiger partial charge >= 0.3 is 0 Å². The summed E-state index contributed by atoms with van der Waals surface area (Å²) in [4.78, 5) is 0.618. The van der Waals surface area contributed by atoms with Crippen LogP contribution in [0.5, 0.6) is 0 Å². The number of nitrogens with two attached hydrogens (primary N) is 1. The molecule has 0 aliphatic carbocycles. The van der Waals surface area contributed by atoms with Gasteiger partial charge in [0, 0.05) is 15.9 Å². The summed E-state index contributed by atoms with van der Waals surface area (Å²) < 4.78 is 40.7. The Balaban J connectivity index is 2.37. The molecule has 1 aromatic heterocycles. The van der Waals surface area contributed by atoms with Crippen molar-refractivity contribution in [2.75, 3.05) is 4.72 Å². The molecule has 0 radical (unpaired) electrons. The summed E-state index contributed by atoms with van der Waals surface area (Å²) in [6.07, 6.45) is 0. The lowest BCUT2D eigenvalue weighted by Gasteiger charge is -2.09. The van der Waals surface area contributed by atoms with E-state index in [0.29, 0.717) is 9.35 Å². The summed E-state index contributed by atoms with van der Waals surface area (Å²) in [5, 5.41) is 1.63. The van der Waals surface area contributed by atoms with Crippen LogP contribution < -0.4 is 10.5 Å². The molecule has 1 aromatic carbocycles. The zero-order valence-corrected chi connectivity index (χ0v) is 12.8. The van der Waals surface area contributed by atoms with Gasteiger partial charge in [-0.2, -0.15) is 0 Å². The molecule has 0 bridgehead atoms. The zero-order valence-electron chi connectivity index (χ0n) is 9.56. The van der Waals surface area contributed by atoms with E-state index in [0.717, 1.165) is 0 Å². The SMILES string of the molecule is NCc1sccc1S(=O)(=O)Nc1ccc(Br)cc1F. The van der Waals surface area contributed by atoms with E-state index in [4.69, 9.17) is 5.73 Å². The third kappa shape index (κ3) is 3.14. The zero-order chi connectivity index (χ0) is 14.0. The first kappa shape index (κ1) is 14.4. The van der Waals surface area contributed by atoms with Crippen LogP contribution in [0.15, 0.2) is 39.0 Å². The van der Waals surface area contributed by atoms with Crippen molar-refractivity contribution in [2.45, 2.75) is 11.4 Å². The fraction of sp³-hybridized carbons (Fsp3) is 0.0909. The van der Waals surface area contributed by atoms with Crippen LogP contribution in [-0.2, 0) is 16.6 Å². The van der Waals surface area contributed by atoms with Crippen molar-refractivity contribution in [1.29, 1.82) is 0 Å². The van der Waals surface area contributed by atoms with E-state index in [-0.39, 0.29) is 17.1 Å². The lowest BCUT2D eigenvalue weighted by molar-refractivity contribution is 0.598. The molecule has 0 saturated carbocycles. The fourth-order valence-corrected chi connectivity index (χ4v) is 4.23. The summed E-state index contributed by atoms with van der Waals surface area (Å²) >= 11 is 4.35. The van der Waals surface area contributed by atoms with Crippen molar-refractivity contribution < 1.29 is 12.8 Å². The van der Waals surface area contributed by atoms with Gasteiger partial charge in [0.1, 0.15) is 10.7 Å². The van der Waals surface area contributed by atoms with E-state index in [1.807, 2.05) is 0 Å². The lowest BCUT2D eigenvalue weighted by atomic mass is 10.3. The molecule has 4 nitrogen and oxygen atoms in total. The van der Waals surface area contributed by atoms with E-state index in [9.17, 15) is 12.8 Å². The Labute approximate surface area is 122 Å². The smallest absolute Gasteiger partial charge is 0.263 e. The first-order valence-corrected chi connectivity index (χ1v) is 8.34. The largest absolute Gasteiger partial charge is 0.326 e. The number of nitrogens with one attached hydrogen (secondary N) is 1. The second-order valence-corrected chi connectivity index (χ2v) is 7.21. The summed E-state index contributed by atoms with van der Waals surface area (Å²) in [5.74, 6) is -0.650. The number of anilines is 1. The molecule has 0 amide bonds. The maximum absolute atomic E-state index is 13.6. The van der Waals surface area contributed by atoms with Crippen molar-refractivity contribution in [3.05, 3.63) is 44.8 Å². The fourth-order valence-electron chi connectivity index (χ4n) is 1.49. The van der Waals surface area contributed by atoms with Gasteiger partial charge in [0.15, 0.2) is 0 Å². The van der Waals surface area contributed by atoms with Crippen LogP contribution in [0.25, 0.3) is 0 Å². The van der Waals surface area contributed by atoms with Crippen LogP contribution >= 0.6 is 27.3 Å². The van der Waals surface area contributed by atoms with Gasteiger partial charge in [0.05, 0.1) is 5.69 Å². The molecule has 102 valence electrons. The maximum atomic E-state index is 13.6. The third-order valence-electron chi connectivity index (χ3n) is 2.35. The van der Waals surface area contributed by atoms with Gasteiger partial charge in [0.2, 0.25) is 0 Å². The molecule has 0 atom stereocenters. The molecule has 1 heterocycles. The van der Waals surface area contributed by atoms with Crippen molar-refractivity contribution in [3.63, 3.8) is 0 Å². The predicted molar refractivity (Wildman–Crippen MR) is 77.1 cm³/mol. The molecular weight excluding hydrogens is 355 g/mol. The molecule has 2 aromatic rings. The number of hydrogen-bond acceptors (Lipinski definition) is 4. The van der Waals surface area contributed by atoms with Gasteiger partial charge < -0.3 is 5.73 Å². The van der Waals surface area contributed by atoms with Crippen LogP contribution in [-0.4, -0.2) is 8.42 Å². The first-order chi connectivity index (χ1) is 8.94. The number of hydrogen-bond donors (Lipinski definition) is 2. The summed E-state index contributed by atoms with van der Waals surface area (Å²) in [7, 11) is -3.82. The Morgan fingerprint density at radius 1 is 1.37 bits per heavy atom. The summed E-state index contributed by atoms with van der Waals surface area (Å²) in [5.41, 5.74) is 5.37. The lowest BCUT2D eigenvalue weighted by Crippen LogP contribution is -2.15. The van der Waals surface area contributed by atoms with E-state index in [2.05, 4.69) is 20.7 Å². The predicted octanol–water partition coefficient (Wildman–Crippen LogP) is 2.91. The Morgan fingerprint density at radius 2 is 2.11 bits per heavy atom. The quantitative estimate of drug-likeness (QED) is 0.875. The highest BCUT2D eigenvalue weighted by molar-refractivity contribution is 9.10. The summed E-state index contributed by atoms with van der Waals surface area (Å²) in [6.45, 7) is 0.122. The van der Waals surface area contributed by atoms with E-state index in [1.54, 1.807) is 11.4 Å². The molecule has 0 aliphatic rings. The minimum atomic E-state index is -3.82. The van der Waals surface area contributed by atoms with Gasteiger partial charge in [0.25, 0.3) is 10.0 Å². The van der Waals surface area contributed by atoms with E-state index >= 15 is 0 Å². The van der Waals surface area contributed by atoms with Gasteiger partial charge in [-0.25, -0.2) is 12.8 Å². The number of benzene rings is 1. The molecule has 0 aliphatic heterocycles. The van der Waals surface area contributed by atoms with Gasteiger partial charge in [-0.1, -0.05) is 15.9 Å². The molecule has 19 heavy (non-hydrogen) atoms. The average Bonchev–Trinajstić information content (AvgIpc) is 2.82. The molecule has 3 N–H and O–H groups in total. The first-order valence-electron chi connectivity index (χ1n) is 5.18. The highest BCUT2D eigenvalue weighted by atomic mass is 79.9. The van der Waals surface area contributed by atoms with E-state index in [1.165, 1.54) is 29.5 Å². The van der Waals surface area contributed by atoms with Crippen LogP contribution in [0.2, 0.25) is 0 Å². The maximum Gasteiger partial charge on any atom is 0.263 e. The second-order valence-electron chi connectivity index (χ2n) is 3.64. The van der Waals surface area contributed by atoms with Crippen LogP contribution in [0.1, 0.15) is 4.88 Å². The van der Waals surface area contributed by atoms with Crippen LogP contribution in [0, 0.1) is 5.82 Å². The molecule has 8 heteroatoms. The highest BCUT2D eigenvalue weighted by Crippen LogP contribution is 2.26. The van der Waals surface area contributed by atoms with Crippen molar-refractivity contribution in [2.24, 2.45) is 5.73 Å². The second kappa shape index (κ2) is 5.58. The van der Waals surface area contributed by atoms with Crippen LogP contribution in [0.4, 0.5) is 10.1 Å². The van der Waals surface area contributed by atoms with E-state index < -0.39 is 15.8 Å². The topological polar surface area (TPSA) is 72.2 Å². The summed E-state index contributed by atoms with van der Waals surface area (Å²) in [6, 6.07) is 5.55. The molecule has 0 unspecified atom stereocenters. The minimum absolute atomic E-state index is 0.0855. The third-order valence-corrected chi connectivity index (χ3v) is 5.37. The normalized spacial score (nSPS) is 11.5. The molecule has 0 saturated heterocycles. The van der Waals surface area contributed by atoms with Crippen molar-refractivity contribution >= 4 is 43.0 Å². The van der Waals surface area contributed by atoms with Gasteiger partial charge in [-0.05, 0) is 29.6 Å². The van der Waals surface area contributed by atoms with Crippen molar-refractivity contribution in [1.82, 2.24) is 0 Å². The Kier molecular flexibility index (Phi) is 4.24. The molecule has 2 rings (SSSR count). The molecule has 0 fully saturated rings. The number of sulfonamides is 1. The highest BCUT2D eigenvalue weighted by Gasteiger charge is 2.20. The van der Waals surface area contributed by atoms with Gasteiger partial charge in [-0.15, -0.1) is 11.3 Å². The number of halogens is 2. The number of thiophene rings is 1. The Bertz CT molecular complexity index is 700. The average molecular weight is 365 g/mol. The molecule has 0 spiro atoms. The van der Waals surface area contributed by atoms with Gasteiger partial charge in [-0.3, -0.25) is 4.72 Å². The van der Waals surface area contributed by atoms with Crippen LogP contribution in [0.3, 0.4) is 0 Å². The van der Waals surface area contributed by atoms with Crippen molar-refractivity contribution in [3.8, 4) is 0 Å². The molecular formula is C11H10BrFN2O2S2. The Hall–Kier alpha value is -0.960.